The van der Waals surface area contributed by atoms with Gasteiger partial charge in [-0.2, -0.15) is 0 Å². The molecule has 0 radical (unpaired) electrons. The Morgan fingerprint density at radius 2 is 1.59 bits per heavy atom. The van der Waals surface area contributed by atoms with Gasteiger partial charge in [-0.05, 0) is 48.6 Å². The quantitative estimate of drug-likeness (QED) is 0.437. The second kappa shape index (κ2) is 11.7. The monoisotopic (exact) mass is 475 g/mol. The average Bonchev–Trinajstić information content (AvgIpc) is 3.28. The number of halogens is 1. The van der Waals surface area contributed by atoms with Crippen LogP contribution >= 0.6 is 11.6 Å². The highest BCUT2D eigenvalue weighted by atomic mass is 35.5. The zero-order valence-corrected chi connectivity index (χ0v) is 20.8. The second-order valence-corrected chi connectivity index (χ2v) is 9.33. The molecule has 4 nitrogen and oxygen atoms in total. The maximum Gasteiger partial charge on any atom is 0.239 e. The minimum Gasteiger partial charge on any atom is -0.342 e. The molecule has 1 heterocycles. The van der Waals surface area contributed by atoms with Crippen molar-refractivity contribution in [3.63, 3.8) is 0 Å². The van der Waals surface area contributed by atoms with Gasteiger partial charge in [-0.15, -0.1) is 0 Å². The normalized spacial score (nSPS) is 18.2. The predicted molar refractivity (Wildman–Crippen MR) is 141 cm³/mol. The Balaban J connectivity index is 1.42. The van der Waals surface area contributed by atoms with E-state index in [1.807, 2.05) is 43.0 Å². The number of carbonyl (C=O) groups excluding carboxylic acids is 1. The van der Waals surface area contributed by atoms with Crippen molar-refractivity contribution in [1.82, 2.24) is 15.1 Å². The minimum absolute atomic E-state index is 0.130. The van der Waals surface area contributed by atoms with Crippen LogP contribution in [-0.2, 0) is 17.9 Å². The first-order valence-electron chi connectivity index (χ1n) is 12.2. The fourth-order valence-electron chi connectivity index (χ4n) is 4.78. The molecule has 1 N–H and O–H groups in total. The number of nitrogens with zero attached hydrogens (tertiary/aromatic N) is 2. The van der Waals surface area contributed by atoms with E-state index in [0.29, 0.717) is 6.54 Å². The SMILES string of the molecule is CCN(CC)C(=O)[C@@H]1C[C@H](NCc2ccc(-c3ccccc3)cc2)CN1Cc1ccccc1Cl. The van der Waals surface area contributed by atoms with Gasteiger partial charge < -0.3 is 10.2 Å². The number of hydrogen-bond acceptors (Lipinski definition) is 3. The molecule has 0 aromatic heterocycles. The van der Waals surface area contributed by atoms with Gasteiger partial charge in [0.2, 0.25) is 5.91 Å². The highest BCUT2D eigenvalue weighted by Gasteiger charge is 2.38. The Morgan fingerprint density at radius 1 is 0.941 bits per heavy atom. The fourth-order valence-corrected chi connectivity index (χ4v) is 4.98. The summed E-state index contributed by atoms with van der Waals surface area (Å²) >= 11 is 6.44. The zero-order valence-electron chi connectivity index (χ0n) is 20.1. The van der Waals surface area contributed by atoms with E-state index in [9.17, 15) is 4.79 Å². The van der Waals surface area contributed by atoms with Gasteiger partial charge in [-0.1, -0.05) is 84.4 Å². The average molecular weight is 476 g/mol. The lowest BCUT2D eigenvalue weighted by Gasteiger charge is -2.29. The van der Waals surface area contributed by atoms with Crippen molar-refractivity contribution in [2.75, 3.05) is 19.6 Å². The van der Waals surface area contributed by atoms with E-state index in [1.54, 1.807) is 0 Å². The van der Waals surface area contributed by atoms with Crippen LogP contribution < -0.4 is 5.32 Å². The van der Waals surface area contributed by atoms with Crippen LogP contribution in [0.15, 0.2) is 78.9 Å². The highest BCUT2D eigenvalue weighted by molar-refractivity contribution is 6.31. The molecule has 3 aromatic rings. The van der Waals surface area contributed by atoms with Gasteiger partial charge >= 0.3 is 0 Å². The van der Waals surface area contributed by atoms with Crippen molar-refractivity contribution >= 4 is 17.5 Å². The molecular formula is C29H34ClN3O. The van der Waals surface area contributed by atoms with E-state index in [0.717, 1.165) is 43.2 Å². The summed E-state index contributed by atoms with van der Waals surface area (Å²) in [7, 11) is 0. The summed E-state index contributed by atoms with van der Waals surface area (Å²) in [5.41, 5.74) is 4.77. The third-order valence-electron chi connectivity index (χ3n) is 6.75. The van der Waals surface area contributed by atoms with Crippen molar-refractivity contribution < 1.29 is 4.79 Å². The molecule has 1 fully saturated rings. The highest BCUT2D eigenvalue weighted by Crippen LogP contribution is 2.26. The smallest absolute Gasteiger partial charge is 0.239 e. The van der Waals surface area contributed by atoms with Gasteiger partial charge in [0.05, 0.1) is 6.04 Å². The Kier molecular flexibility index (Phi) is 8.39. The van der Waals surface area contributed by atoms with E-state index in [-0.39, 0.29) is 18.0 Å². The third kappa shape index (κ3) is 5.87. The molecule has 1 amide bonds. The van der Waals surface area contributed by atoms with Gasteiger partial charge in [-0.25, -0.2) is 0 Å². The molecule has 4 rings (SSSR count). The lowest BCUT2D eigenvalue weighted by Crippen LogP contribution is -2.45. The molecule has 1 aliphatic rings. The van der Waals surface area contributed by atoms with Gasteiger partial charge in [0, 0.05) is 43.8 Å². The molecule has 3 aromatic carbocycles. The van der Waals surface area contributed by atoms with Crippen LogP contribution in [0, 0.1) is 0 Å². The zero-order chi connectivity index (χ0) is 23.9. The Hall–Kier alpha value is -2.66. The maximum atomic E-state index is 13.3. The van der Waals surface area contributed by atoms with Crippen molar-refractivity contribution in [2.24, 2.45) is 0 Å². The molecule has 0 spiro atoms. The molecule has 178 valence electrons. The molecule has 0 aliphatic carbocycles. The topological polar surface area (TPSA) is 35.6 Å². The number of amides is 1. The number of carbonyl (C=O) groups is 1. The van der Waals surface area contributed by atoms with Crippen LogP contribution in [0.3, 0.4) is 0 Å². The van der Waals surface area contributed by atoms with Crippen molar-refractivity contribution in [2.45, 2.75) is 45.4 Å². The van der Waals surface area contributed by atoms with Crippen molar-refractivity contribution in [3.8, 4) is 11.1 Å². The maximum absolute atomic E-state index is 13.3. The Bertz CT molecular complexity index is 1070. The van der Waals surface area contributed by atoms with Crippen molar-refractivity contribution in [1.29, 1.82) is 0 Å². The van der Waals surface area contributed by atoms with E-state index < -0.39 is 0 Å². The van der Waals surface area contributed by atoms with Crippen LogP contribution in [0.1, 0.15) is 31.4 Å². The number of rotatable bonds is 9. The largest absolute Gasteiger partial charge is 0.342 e. The van der Waals surface area contributed by atoms with Crippen LogP contribution in [0.4, 0.5) is 0 Å². The molecule has 1 aliphatic heterocycles. The molecule has 0 saturated carbocycles. The first-order valence-corrected chi connectivity index (χ1v) is 12.6. The summed E-state index contributed by atoms with van der Waals surface area (Å²) in [5, 5.41) is 4.46. The van der Waals surface area contributed by atoms with E-state index in [1.165, 1.54) is 16.7 Å². The molecule has 5 heteroatoms. The minimum atomic E-state index is -0.130. The number of nitrogens with one attached hydrogen (secondary N) is 1. The van der Waals surface area contributed by atoms with Gasteiger partial charge in [-0.3, -0.25) is 9.69 Å². The molecule has 2 atom stereocenters. The molecule has 1 saturated heterocycles. The standard InChI is InChI=1S/C29H34ClN3O/c1-3-32(4-2)29(34)28-18-26(21-33(28)20-25-12-8-9-13-27(25)30)31-19-22-14-16-24(17-15-22)23-10-6-5-7-11-23/h5-17,26,28,31H,3-4,18-21H2,1-2H3/t26-,28-/m0/s1. The van der Waals surface area contributed by atoms with Gasteiger partial charge in [0.25, 0.3) is 0 Å². The van der Waals surface area contributed by atoms with E-state index >= 15 is 0 Å². The van der Waals surface area contributed by atoms with Gasteiger partial charge in [0.15, 0.2) is 0 Å². The number of likely N-dealkylation sites (tertiary alicyclic amines) is 1. The number of likely N-dealkylation sites (N-methyl/N-ethyl adjacent to an activating group) is 1. The first-order chi connectivity index (χ1) is 16.6. The second-order valence-electron chi connectivity index (χ2n) is 8.92. The van der Waals surface area contributed by atoms with Crippen molar-refractivity contribution in [3.05, 3.63) is 95.0 Å². The molecule has 0 bridgehead atoms. The summed E-state index contributed by atoms with van der Waals surface area (Å²) in [6.45, 7) is 7.85. The fraction of sp³-hybridized carbons (Fsp3) is 0.345. The van der Waals surface area contributed by atoms with E-state index in [4.69, 9.17) is 11.6 Å². The number of hydrogen-bond donors (Lipinski definition) is 1. The van der Waals surface area contributed by atoms with E-state index in [2.05, 4.69) is 64.8 Å². The summed E-state index contributed by atoms with van der Waals surface area (Å²) in [6, 6.07) is 27.2. The lowest BCUT2D eigenvalue weighted by atomic mass is 10.0. The predicted octanol–water partition coefficient (Wildman–Crippen LogP) is 5.61. The molecular weight excluding hydrogens is 442 g/mol. The molecule has 0 unspecified atom stereocenters. The van der Waals surface area contributed by atoms with Gasteiger partial charge in [0.1, 0.15) is 0 Å². The van der Waals surface area contributed by atoms with Crippen LogP contribution in [0.5, 0.6) is 0 Å². The summed E-state index contributed by atoms with van der Waals surface area (Å²) in [6.07, 6.45) is 0.807. The summed E-state index contributed by atoms with van der Waals surface area (Å²) < 4.78 is 0. The first kappa shape index (κ1) is 24.5. The number of benzene rings is 3. The van der Waals surface area contributed by atoms with Crippen LogP contribution in [0.2, 0.25) is 5.02 Å². The van der Waals surface area contributed by atoms with Crippen LogP contribution in [0.25, 0.3) is 11.1 Å². The summed E-state index contributed by atoms with van der Waals surface area (Å²) in [4.78, 5) is 17.5. The van der Waals surface area contributed by atoms with Crippen LogP contribution in [-0.4, -0.2) is 47.4 Å². The Morgan fingerprint density at radius 3 is 2.26 bits per heavy atom. The lowest BCUT2D eigenvalue weighted by molar-refractivity contribution is -0.135. The summed E-state index contributed by atoms with van der Waals surface area (Å²) in [5.74, 6) is 0.216. The third-order valence-corrected chi connectivity index (χ3v) is 7.12. The molecule has 34 heavy (non-hydrogen) atoms. The Labute approximate surface area is 208 Å².